The third-order valence-electron chi connectivity index (χ3n) is 3.22. The maximum atomic E-state index is 5.03. The average Bonchev–Trinajstić information content (AvgIpc) is 2.75. The number of hydrogen-bond acceptors (Lipinski definition) is 0. The van der Waals surface area contributed by atoms with E-state index >= 15 is 0 Å². The summed E-state index contributed by atoms with van der Waals surface area (Å²) in [6, 6.07) is 15.0. The molecule has 2 heteroatoms. The standard InChI is InChI=1S/C15H14NS/c17-10-4-6-11-5-3-8-13-12-7-1-2-9-14(12)16-15(11)13/h1-3,5,7-9,16H,4,6,10H2. The molecule has 0 spiro atoms. The smallest absolute Gasteiger partial charge is 0.0497 e. The second-order valence-electron chi connectivity index (χ2n) is 4.32. The third kappa shape index (κ3) is 1.83. The maximum Gasteiger partial charge on any atom is 0.0497 e. The first-order valence-corrected chi connectivity index (χ1v) is 6.54. The molecule has 0 fully saturated rings. The molecule has 0 aliphatic heterocycles. The largest absolute Gasteiger partial charge is 0.354 e. The normalized spacial score (nSPS) is 11.4. The lowest BCUT2D eigenvalue weighted by Gasteiger charge is -2.01. The zero-order valence-corrected chi connectivity index (χ0v) is 10.4. The van der Waals surface area contributed by atoms with E-state index < -0.39 is 0 Å². The van der Waals surface area contributed by atoms with Crippen LogP contribution >= 0.6 is 12.6 Å². The van der Waals surface area contributed by atoms with Crippen LogP contribution in [0.4, 0.5) is 0 Å². The molecule has 1 nitrogen and oxygen atoms in total. The van der Waals surface area contributed by atoms with Gasteiger partial charge in [0.05, 0.1) is 0 Å². The molecule has 0 amide bonds. The Balaban J connectivity index is 2.24. The molecule has 2 aromatic carbocycles. The van der Waals surface area contributed by atoms with E-state index in [9.17, 15) is 0 Å². The van der Waals surface area contributed by atoms with Crippen molar-refractivity contribution in [2.24, 2.45) is 0 Å². The van der Waals surface area contributed by atoms with Crippen molar-refractivity contribution in [3.8, 4) is 0 Å². The Morgan fingerprint density at radius 3 is 2.65 bits per heavy atom. The van der Waals surface area contributed by atoms with Crippen molar-refractivity contribution in [1.29, 1.82) is 0 Å². The Morgan fingerprint density at radius 2 is 1.76 bits per heavy atom. The highest BCUT2D eigenvalue weighted by molar-refractivity contribution is 7.80. The quantitative estimate of drug-likeness (QED) is 0.696. The first-order chi connectivity index (χ1) is 8.40. The molecule has 1 heterocycles. The molecular weight excluding hydrogens is 226 g/mol. The Kier molecular flexibility index (Phi) is 2.81. The van der Waals surface area contributed by atoms with E-state index in [-0.39, 0.29) is 0 Å². The van der Waals surface area contributed by atoms with Crippen molar-refractivity contribution in [1.82, 2.24) is 4.98 Å². The molecule has 85 valence electrons. The lowest BCUT2D eigenvalue weighted by molar-refractivity contribution is 0.942. The summed E-state index contributed by atoms with van der Waals surface area (Å²) in [7, 11) is 0. The Hall–Kier alpha value is -1.41. The zero-order chi connectivity index (χ0) is 11.7. The van der Waals surface area contributed by atoms with Gasteiger partial charge in [0.25, 0.3) is 0 Å². The van der Waals surface area contributed by atoms with Gasteiger partial charge in [0.2, 0.25) is 0 Å². The molecule has 1 radical (unpaired) electrons. The summed E-state index contributed by atoms with van der Waals surface area (Å²) in [6.45, 7) is 0. The molecule has 0 saturated heterocycles. The van der Waals surface area contributed by atoms with Crippen LogP contribution in [0.25, 0.3) is 21.8 Å². The number of rotatable bonds is 3. The number of nitrogens with one attached hydrogen (secondary N) is 1. The van der Waals surface area contributed by atoms with E-state index in [1.54, 1.807) is 0 Å². The molecule has 1 N–H and O–H groups in total. The topological polar surface area (TPSA) is 15.8 Å². The van der Waals surface area contributed by atoms with Gasteiger partial charge in [-0.05, 0) is 24.5 Å². The fraction of sp³-hybridized carbons (Fsp3) is 0.200. The van der Waals surface area contributed by atoms with E-state index in [2.05, 4.69) is 47.4 Å². The number of hydrogen-bond donors (Lipinski definition) is 1. The van der Waals surface area contributed by atoms with Gasteiger partial charge in [0, 0.05) is 27.6 Å². The minimum Gasteiger partial charge on any atom is -0.354 e. The fourth-order valence-corrected chi connectivity index (χ4v) is 2.55. The third-order valence-corrected chi connectivity index (χ3v) is 3.51. The van der Waals surface area contributed by atoms with E-state index in [1.165, 1.54) is 27.4 Å². The fourth-order valence-electron chi connectivity index (χ4n) is 2.40. The van der Waals surface area contributed by atoms with Gasteiger partial charge in [-0.2, -0.15) is 0 Å². The monoisotopic (exact) mass is 240 g/mol. The molecule has 1 aromatic heterocycles. The summed E-state index contributed by atoms with van der Waals surface area (Å²) in [5.74, 6) is 0.830. The molecule has 0 saturated carbocycles. The molecule has 3 rings (SSSR count). The second kappa shape index (κ2) is 4.46. The van der Waals surface area contributed by atoms with E-state index in [1.807, 2.05) is 0 Å². The molecule has 0 aliphatic rings. The summed E-state index contributed by atoms with van der Waals surface area (Å²) in [5.41, 5.74) is 3.87. The Bertz CT molecular complexity index is 654. The highest BCUT2D eigenvalue weighted by Gasteiger charge is 2.06. The first-order valence-electron chi connectivity index (χ1n) is 5.96. The number of aromatic nitrogens is 1. The summed E-state index contributed by atoms with van der Waals surface area (Å²) >= 11 is 5.03. The van der Waals surface area contributed by atoms with Crippen molar-refractivity contribution >= 4 is 34.4 Å². The number of aryl methyl sites for hydroxylation is 1. The van der Waals surface area contributed by atoms with Gasteiger partial charge in [0.1, 0.15) is 0 Å². The molecule has 0 atom stereocenters. The van der Waals surface area contributed by atoms with Crippen molar-refractivity contribution in [2.45, 2.75) is 12.8 Å². The Labute approximate surface area is 106 Å². The highest BCUT2D eigenvalue weighted by Crippen LogP contribution is 2.27. The molecular formula is C15H14NS. The minimum atomic E-state index is 0.830. The number of aromatic amines is 1. The van der Waals surface area contributed by atoms with Gasteiger partial charge < -0.3 is 4.98 Å². The second-order valence-corrected chi connectivity index (χ2v) is 4.73. The van der Waals surface area contributed by atoms with Gasteiger partial charge in [-0.25, -0.2) is 0 Å². The van der Waals surface area contributed by atoms with E-state index in [0.29, 0.717) is 0 Å². The summed E-state index contributed by atoms with van der Waals surface area (Å²) in [4.78, 5) is 3.52. The van der Waals surface area contributed by atoms with Crippen LogP contribution in [0.3, 0.4) is 0 Å². The maximum absolute atomic E-state index is 5.03. The van der Waals surface area contributed by atoms with Gasteiger partial charge in [0.15, 0.2) is 0 Å². The van der Waals surface area contributed by atoms with Crippen molar-refractivity contribution < 1.29 is 0 Å². The molecule has 3 aromatic rings. The SMILES string of the molecule is [S]CCCc1cccc2c1[nH]c1ccccc12. The zero-order valence-electron chi connectivity index (χ0n) is 9.57. The van der Waals surface area contributed by atoms with E-state index in [4.69, 9.17) is 12.6 Å². The van der Waals surface area contributed by atoms with Crippen LogP contribution in [0.5, 0.6) is 0 Å². The number of benzene rings is 2. The van der Waals surface area contributed by atoms with Crippen molar-refractivity contribution in [2.75, 3.05) is 5.75 Å². The van der Waals surface area contributed by atoms with Gasteiger partial charge in [-0.3, -0.25) is 0 Å². The molecule has 0 bridgehead atoms. The van der Waals surface area contributed by atoms with Gasteiger partial charge in [-0.1, -0.05) is 49.0 Å². The molecule has 0 aliphatic carbocycles. The first kappa shape index (κ1) is 10.7. The van der Waals surface area contributed by atoms with Crippen LogP contribution in [-0.4, -0.2) is 10.7 Å². The lowest BCUT2D eigenvalue weighted by atomic mass is 10.1. The van der Waals surface area contributed by atoms with Gasteiger partial charge in [-0.15, -0.1) is 0 Å². The van der Waals surface area contributed by atoms with Crippen LogP contribution < -0.4 is 0 Å². The predicted molar refractivity (Wildman–Crippen MR) is 76.6 cm³/mol. The number of fused-ring (bicyclic) bond motifs is 3. The van der Waals surface area contributed by atoms with Crippen LogP contribution in [0.15, 0.2) is 42.5 Å². The van der Waals surface area contributed by atoms with Crippen LogP contribution in [-0.2, 0) is 6.42 Å². The van der Waals surface area contributed by atoms with E-state index in [0.717, 1.165) is 18.6 Å². The molecule has 0 unspecified atom stereocenters. The van der Waals surface area contributed by atoms with Crippen molar-refractivity contribution in [3.63, 3.8) is 0 Å². The van der Waals surface area contributed by atoms with Crippen LogP contribution in [0, 0.1) is 0 Å². The van der Waals surface area contributed by atoms with Crippen LogP contribution in [0.2, 0.25) is 0 Å². The molecule has 17 heavy (non-hydrogen) atoms. The summed E-state index contributed by atoms with van der Waals surface area (Å²) in [6.07, 6.45) is 2.14. The summed E-state index contributed by atoms with van der Waals surface area (Å²) < 4.78 is 0. The van der Waals surface area contributed by atoms with Crippen molar-refractivity contribution in [3.05, 3.63) is 48.0 Å². The number of H-pyrrole nitrogens is 1. The van der Waals surface area contributed by atoms with Gasteiger partial charge >= 0.3 is 0 Å². The predicted octanol–water partition coefficient (Wildman–Crippen LogP) is 4.45. The lowest BCUT2D eigenvalue weighted by Crippen LogP contribution is -1.87. The minimum absolute atomic E-state index is 0.830. The highest BCUT2D eigenvalue weighted by atomic mass is 32.1. The van der Waals surface area contributed by atoms with Crippen LogP contribution in [0.1, 0.15) is 12.0 Å². The Morgan fingerprint density at radius 1 is 0.941 bits per heavy atom. The average molecular weight is 240 g/mol. The summed E-state index contributed by atoms with van der Waals surface area (Å²) in [5, 5.41) is 2.63. The number of para-hydroxylation sites is 2.